The van der Waals surface area contributed by atoms with Crippen LogP contribution in [0.25, 0.3) is 6.08 Å². The van der Waals surface area contributed by atoms with E-state index in [4.69, 9.17) is 5.73 Å². The summed E-state index contributed by atoms with van der Waals surface area (Å²) in [6.45, 7) is 6.08. The van der Waals surface area contributed by atoms with E-state index < -0.39 is 0 Å². The summed E-state index contributed by atoms with van der Waals surface area (Å²) in [6, 6.07) is 2.13. The van der Waals surface area contributed by atoms with Gasteiger partial charge in [-0.3, -0.25) is 4.98 Å². The molecule has 0 saturated carbocycles. The van der Waals surface area contributed by atoms with Gasteiger partial charge >= 0.3 is 0 Å². The number of hydrogen-bond donors (Lipinski definition) is 1. The molecule has 0 bridgehead atoms. The third-order valence-corrected chi connectivity index (χ3v) is 2.43. The lowest BCUT2D eigenvalue weighted by atomic mass is 10.1. The largest absolute Gasteiger partial charge is 0.402 e. The summed E-state index contributed by atoms with van der Waals surface area (Å²) >= 11 is 0. The Morgan fingerprint density at radius 2 is 2.12 bits per heavy atom. The Labute approximate surface area is 104 Å². The number of aryl methyl sites for hydroxylation is 2. The molecule has 0 aliphatic rings. The highest BCUT2D eigenvalue weighted by Crippen LogP contribution is 2.10. The topological polar surface area (TPSA) is 38.9 Å². The van der Waals surface area contributed by atoms with Gasteiger partial charge in [0.15, 0.2) is 0 Å². The van der Waals surface area contributed by atoms with Crippen molar-refractivity contribution in [3.63, 3.8) is 0 Å². The standard InChI is InChI=1S/C15H20N2/c1-4-15-10-12(2)14(11-17-15)9-7-5-6-8-13(3)16/h5-11H,4,16H2,1-3H3/b6-5-,9-7+,13-8+. The predicted molar refractivity (Wildman–Crippen MR) is 74.5 cm³/mol. The van der Waals surface area contributed by atoms with Gasteiger partial charge < -0.3 is 5.73 Å². The minimum absolute atomic E-state index is 0.805. The zero-order chi connectivity index (χ0) is 12.7. The highest BCUT2D eigenvalue weighted by atomic mass is 14.7. The van der Waals surface area contributed by atoms with E-state index in [9.17, 15) is 0 Å². The van der Waals surface area contributed by atoms with E-state index in [1.54, 1.807) is 0 Å². The zero-order valence-electron chi connectivity index (χ0n) is 10.8. The third-order valence-electron chi connectivity index (χ3n) is 2.43. The average Bonchev–Trinajstić information content (AvgIpc) is 2.30. The molecule has 1 aromatic heterocycles. The molecule has 0 aromatic carbocycles. The molecule has 1 rings (SSSR count). The second-order valence-electron chi connectivity index (χ2n) is 4.04. The highest BCUT2D eigenvalue weighted by Gasteiger charge is 1.96. The number of allylic oxidation sites excluding steroid dienone is 5. The quantitative estimate of drug-likeness (QED) is 0.802. The second kappa shape index (κ2) is 6.69. The molecule has 0 atom stereocenters. The van der Waals surface area contributed by atoms with Crippen LogP contribution in [-0.4, -0.2) is 4.98 Å². The molecule has 0 saturated heterocycles. The first kappa shape index (κ1) is 13.2. The molecule has 1 heterocycles. The molecule has 1 aromatic rings. The van der Waals surface area contributed by atoms with Crippen molar-refractivity contribution in [1.29, 1.82) is 0 Å². The van der Waals surface area contributed by atoms with E-state index in [2.05, 4.69) is 31.0 Å². The Bertz CT molecular complexity index is 450. The van der Waals surface area contributed by atoms with Crippen LogP contribution >= 0.6 is 0 Å². The molecule has 0 unspecified atom stereocenters. The van der Waals surface area contributed by atoms with E-state index in [1.807, 2.05) is 37.4 Å². The number of nitrogens with two attached hydrogens (primary N) is 1. The van der Waals surface area contributed by atoms with E-state index in [0.717, 1.165) is 23.4 Å². The summed E-state index contributed by atoms with van der Waals surface area (Å²) in [5, 5.41) is 0. The van der Waals surface area contributed by atoms with Crippen molar-refractivity contribution in [2.45, 2.75) is 27.2 Å². The van der Waals surface area contributed by atoms with Crippen molar-refractivity contribution in [2.24, 2.45) is 5.73 Å². The molecule has 0 fully saturated rings. The lowest BCUT2D eigenvalue weighted by Crippen LogP contribution is -1.90. The Morgan fingerprint density at radius 1 is 1.35 bits per heavy atom. The summed E-state index contributed by atoms with van der Waals surface area (Å²) in [4.78, 5) is 4.38. The minimum atomic E-state index is 0.805. The maximum absolute atomic E-state index is 5.52. The summed E-state index contributed by atoms with van der Waals surface area (Å²) in [7, 11) is 0. The monoisotopic (exact) mass is 228 g/mol. The fourth-order valence-corrected chi connectivity index (χ4v) is 1.42. The van der Waals surface area contributed by atoms with Gasteiger partial charge in [-0.05, 0) is 43.5 Å². The fraction of sp³-hybridized carbons (Fsp3) is 0.267. The SMILES string of the molecule is CCc1cc(C)c(/C=C/C=C\C=C(/C)N)cn1. The van der Waals surface area contributed by atoms with Crippen LogP contribution in [0.1, 0.15) is 30.7 Å². The van der Waals surface area contributed by atoms with Gasteiger partial charge in [-0.1, -0.05) is 31.2 Å². The summed E-state index contributed by atoms with van der Waals surface area (Å²) in [5.74, 6) is 0. The predicted octanol–water partition coefficient (Wildman–Crippen LogP) is 3.38. The van der Waals surface area contributed by atoms with E-state index in [-0.39, 0.29) is 0 Å². The van der Waals surface area contributed by atoms with Gasteiger partial charge in [0, 0.05) is 17.6 Å². The Kier molecular flexibility index (Phi) is 5.21. The molecule has 0 aliphatic heterocycles. The van der Waals surface area contributed by atoms with Crippen LogP contribution in [0.2, 0.25) is 0 Å². The number of rotatable bonds is 4. The van der Waals surface area contributed by atoms with Gasteiger partial charge in [0.1, 0.15) is 0 Å². The van der Waals surface area contributed by atoms with Crippen LogP contribution in [0.3, 0.4) is 0 Å². The van der Waals surface area contributed by atoms with Crippen molar-refractivity contribution in [3.8, 4) is 0 Å². The molecule has 0 aliphatic carbocycles. The number of hydrogen-bond acceptors (Lipinski definition) is 2. The van der Waals surface area contributed by atoms with Crippen LogP contribution in [-0.2, 0) is 6.42 Å². The first-order chi connectivity index (χ1) is 8.13. The van der Waals surface area contributed by atoms with Crippen LogP contribution < -0.4 is 5.73 Å². The molecule has 2 heteroatoms. The van der Waals surface area contributed by atoms with Gasteiger partial charge in [0.25, 0.3) is 0 Å². The van der Waals surface area contributed by atoms with Gasteiger partial charge in [-0.2, -0.15) is 0 Å². The maximum atomic E-state index is 5.52. The first-order valence-corrected chi connectivity index (χ1v) is 5.86. The van der Waals surface area contributed by atoms with E-state index >= 15 is 0 Å². The normalized spacial score (nSPS) is 12.8. The van der Waals surface area contributed by atoms with E-state index in [0.29, 0.717) is 0 Å². The number of nitrogens with zero attached hydrogens (tertiary/aromatic N) is 1. The lowest BCUT2D eigenvalue weighted by molar-refractivity contribution is 1.02. The third kappa shape index (κ3) is 4.68. The number of aromatic nitrogens is 1. The molecular weight excluding hydrogens is 208 g/mol. The van der Waals surface area contributed by atoms with Gasteiger partial charge in [-0.25, -0.2) is 0 Å². The first-order valence-electron chi connectivity index (χ1n) is 5.86. The van der Waals surface area contributed by atoms with Crippen LogP contribution in [0, 0.1) is 6.92 Å². The van der Waals surface area contributed by atoms with Crippen LogP contribution in [0.15, 0.2) is 42.3 Å². The van der Waals surface area contributed by atoms with Crippen LogP contribution in [0.5, 0.6) is 0 Å². The van der Waals surface area contributed by atoms with Gasteiger partial charge in [-0.15, -0.1) is 0 Å². The molecule has 0 spiro atoms. The van der Waals surface area contributed by atoms with Crippen molar-refractivity contribution in [3.05, 3.63) is 59.1 Å². The molecule has 2 N–H and O–H groups in total. The number of pyridine rings is 1. The second-order valence-corrected chi connectivity index (χ2v) is 4.04. The molecular formula is C15H20N2. The van der Waals surface area contributed by atoms with Crippen molar-refractivity contribution in [2.75, 3.05) is 0 Å². The Balaban J connectivity index is 2.72. The average molecular weight is 228 g/mol. The van der Waals surface area contributed by atoms with Crippen molar-refractivity contribution >= 4 is 6.08 Å². The zero-order valence-corrected chi connectivity index (χ0v) is 10.8. The molecule has 0 radical (unpaired) electrons. The van der Waals surface area contributed by atoms with Crippen LogP contribution in [0.4, 0.5) is 0 Å². The minimum Gasteiger partial charge on any atom is -0.402 e. The maximum Gasteiger partial charge on any atom is 0.0403 e. The molecule has 90 valence electrons. The van der Waals surface area contributed by atoms with Gasteiger partial charge in [0.05, 0.1) is 0 Å². The summed E-state index contributed by atoms with van der Waals surface area (Å²) in [5.41, 5.74) is 9.87. The Hall–Kier alpha value is -1.83. The fourth-order valence-electron chi connectivity index (χ4n) is 1.42. The van der Waals surface area contributed by atoms with E-state index in [1.165, 1.54) is 5.56 Å². The molecule has 0 amide bonds. The molecule has 17 heavy (non-hydrogen) atoms. The highest BCUT2D eigenvalue weighted by molar-refractivity contribution is 5.54. The summed E-state index contributed by atoms with van der Waals surface area (Å²) < 4.78 is 0. The van der Waals surface area contributed by atoms with Crippen molar-refractivity contribution in [1.82, 2.24) is 4.98 Å². The smallest absolute Gasteiger partial charge is 0.0403 e. The van der Waals surface area contributed by atoms with Gasteiger partial charge in [0.2, 0.25) is 0 Å². The van der Waals surface area contributed by atoms with Crippen molar-refractivity contribution < 1.29 is 0 Å². The Morgan fingerprint density at radius 3 is 2.71 bits per heavy atom. The molecule has 2 nitrogen and oxygen atoms in total. The lowest BCUT2D eigenvalue weighted by Gasteiger charge is -2.01. The summed E-state index contributed by atoms with van der Waals surface area (Å²) in [6.07, 6.45) is 12.7.